The van der Waals surface area contributed by atoms with Crippen molar-refractivity contribution in [3.05, 3.63) is 36.0 Å². The quantitative estimate of drug-likeness (QED) is 0.294. The lowest BCUT2D eigenvalue weighted by molar-refractivity contribution is -0.303. The molecule has 2 N–H and O–H groups in total. The van der Waals surface area contributed by atoms with Gasteiger partial charge < -0.3 is 29.2 Å². The van der Waals surface area contributed by atoms with E-state index in [9.17, 15) is 19.8 Å². The summed E-state index contributed by atoms with van der Waals surface area (Å²) in [7, 11) is 0. The molecule has 0 aromatic heterocycles. The van der Waals surface area contributed by atoms with Crippen molar-refractivity contribution < 1.29 is 38.7 Å². The van der Waals surface area contributed by atoms with E-state index in [1.165, 1.54) is 6.92 Å². The first kappa shape index (κ1) is 26.0. The van der Waals surface area contributed by atoms with Crippen LogP contribution in [0.2, 0.25) is 0 Å². The summed E-state index contributed by atoms with van der Waals surface area (Å²) < 4.78 is 21.5. The van der Waals surface area contributed by atoms with Crippen LogP contribution in [0.5, 0.6) is 0 Å². The smallest absolute Gasteiger partial charge is 0.333 e. The fraction of sp³-hybridized carbons (Fsp3) is 0.636. The lowest BCUT2D eigenvalue weighted by atomic mass is 9.98. The zero-order valence-corrected chi connectivity index (χ0v) is 18.2. The van der Waals surface area contributed by atoms with Gasteiger partial charge in [0.05, 0.1) is 6.61 Å². The van der Waals surface area contributed by atoms with E-state index >= 15 is 0 Å². The van der Waals surface area contributed by atoms with E-state index in [1.807, 2.05) is 19.1 Å². The molecule has 1 rings (SSSR count). The maximum Gasteiger partial charge on any atom is 0.333 e. The number of rotatable bonds is 11. The molecule has 0 bridgehead atoms. The molecule has 8 nitrogen and oxygen atoms in total. The predicted octanol–water partition coefficient (Wildman–Crippen LogP) is 2.19. The van der Waals surface area contributed by atoms with E-state index in [-0.39, 0.29) is 13.2 Å². The largest absolute Gasteiger partial charge is 0.463 e. The summed E-state index contributed by atoms with van der Waals surface area (Å²) >= 11 is 0. The highest BCUT2D eigenvalue weighted by molar-refractivity contribution is 5.87. The van der Waals surface area contributed by atoms with Gasteiger partial charge in [0.25, 0.3) is 0 Å². The van der Waals surface area contributed by atoms with Gasteiger partial charge in [0.15, 0.2) is 12.4 Å². The second-order valence-corrected chi connectivity index (χ2v) is 7.15. The molecule has 1 heterocycles. The Kier molecular flexibility index (Phi) is 11.6. The number of hydrogen-bond acceptors (Lipinski definition) is 8. The number of aliphatic hydroxyl groups excluding tert-OH is 2. The molecule has 0 aromatic rings. The Labute approximate surface area is 178 Å². The van der Waals surface area contributed by atoms with E-state index in [2.05, 4.69) is 6.58 Å². The number of carbonyl (C=O) groups is 2. The molecular weight excluding hydrogens is 392 g/mol. The summed E-state index contributed by atoms with van der Waals surface area (Å²) in [5.74, 6) is -1.23. The average Bonchev–Trinajstić information content (AvgIpc) is 2.71. The van der Waals surface area contributed by atoms with Gasteiger partial charge >= 0.3 is 11.9 Å². The molecule has 8 heteroatoms. The molecule has 0 spiro atoms. The van der Waals surface area contributed by atoms with Gasteiger partial charge in [0.2, 0.25) is 0 Å². The standard InChI is InChI=1S/C22H34O8/c1-6-8-9-10-14(3)11-12-27-22-19(25)20(30-21(26)15(4)7-2)18(24)17(29-22)13-28-16(5)23/h6-8,17-20,22,24-25H,3,9-13H2,1-2,4-5H3/b8-6-,15-7-/t17-,18-,19-,20+,22-/m1/s1. The molecule has 30 heavy (non-hydrogen) atoms. The molecule has 0 radical (unpaired) electrons. The minimum absolute atomic E-state index is 0.224. The average molecular weight is 427 g/mol. The number of esters is 2. The van der Waals surface area contributed by atoms with Gasteiger partial charge in [-0.1, -0.05) is 30.4 Å². The predicted molar refractivity (Wildman–Crippen MR) is 110 cm³/mol. The number of hydrogen-bond donors (Lipinski definition) is 2. The molecular formula is C22H34O8. The molecule has 0 aliphatic carbocycles. The third-order valence-electron chi connectivity index (χ3n) is 4.73. The number of ether oxygens (including phenoxy) is 4. The second-order valence-electron chi connectivity index (χ2n) is 7.15. The topological polar surface area (TPSA) is 112 Å². The molecule has 5 atom stereocenters. The van der Waals surface area contributed by atoms with Gasteiger partial charge in [0.1, 0.15) is 24.9 Å². The molecule has 0 aromatic carbocycles. The lowest BCUT2D eigenvalue weighted by Crippen LogP contribution is -2.60. The molecule has 0 amide bonds. The number of allylic oxidation sites excluding steroid dienone is 3. The van der Waals surface area contributed by atoms with Gasteiger partial charge in [0, 0.05) is 12.5 Å². The van der Waals surface area contributed by atoms with E-state index in [4.69, 9.17) is 18.9 Å². The lowest BCUT2D eigenvalue weighted by Gasteiger charge is -2.41. The summed E-state index contributed by atoms with van der Waals surface area (Å²) in [5, 5.41) is 21.1. The van der Waals surface area contributed by atoms with Gasteiger partial charge in [-0.2, -0.15) is 0 Å². The van der Waals surface area contributed by atoms with Crippen molar-refractivity contribution in [1.29, 1.82) is 0 Å². The van der Waals surface area contributed by atoms with Crippen LogP contribution in [-0.4, -0.2) is 66.1 Å². The minimum atomic E-state index is -1.42. The fourth-order valence-corrected chi connectivity index (χ4v) is 2.75. The van der Waals surface area contributed by atoms with Gasteiger partial charge in [-0.15, -0.1) is 0 Å². The highest BCUT2D eigenvalue weighted by Gasteiger charge is 2.47. The normalized spacial score (nSPS) is 27.1. The summed E-state index contributed by atoms with van der Waals surface area (Å²) in [6.45, 7) is 10.4. The van der Waals surface area contributed by atoms with Crippen molar-refractivity contribution in [2.24, 2.45) is 0 Å². The highest BCUT2D eigenvalue weighted by atomic mass is 16.7. The van der Waals surface area contributed by atoms with Crippen LogP contribution in [-0.2, 0) is 28.5 Å². The van der Waals surface area contributed by atoms with Crippen LogP contribution in [0.1, 0.15) is 47.0 Å². The van der Waals surface area contributed by atoms with Crippen LogP contribution >= 0.6 is 0 Å². The summed E-state index contributed by atoms with van der Waals surface area (Å²) in [6.07, 6.45) is 1.54. The number of aliphatic hydroxyl groups is 2. The first-order valence-electron chi connectivity index (χ1n) is 10.1. The zero-order valence-electron chi connectivity index (χ0n) is 18.2. The van der Waals surface area contributed by atoms with E-state index < -0.39 is 42.6 Å². The summed E-state index contributed by atoms with van der Waals surface area (Å²) in [5.41, 5.74) is 1.31. The Morgan fingerprint density at radius 1 is 1.13 bits per heavy atom. The molecule has 170 valence electrons. The van der Waals surface area contributed by atoms with Crippen LogP contribution < -0.4 is 0 Å². The van der Waals surface area contributed by atoms with Crippen molar-refractivity contribution in [3.63, 3.8) is 0 Å². The first-order chi connectivity index (χ1) is 14.2. The number of carbonyl (C=O) groups excluding carboxylic acids is 2. The van der Waals surface area contributed by atoms with Crippen LogP contribution in [0.15, 0.2) is 36.0 Å². The van der Waals surface area contributed by atoms with Crippen molar-refractivity contribution >= 4 is 11.9 Å². The van der Waals surface area contributed by atoms with Crippen molar-refractivity contribution in [2.75, 3.05) is 13.2 Å². The Balaban J connectivity index is 2.79. The van der Waals surface area contributed by atoms with Crippen molar-refractivity contribution in [1.82, 2.24) is 0 Å². The fourth-order valence-electron chi connectivity index (χ4n) is 2.75. The molecule has 1 aliphatic rings. The molecule has 1 fully saturated rings. The van der Waals surface area contributed by atoms with Crippen LogP contribution in [0.25, 0.3) is 0 Å². The monoisotopic (exact) mass is 426 g/mol. The zero-order chi connectivity index (χ0) is 22.7. The van der Waals surface area contributed by atoms with Crippen LogP contribution in [0, 0.1) is 0 Å². The molecule has 1 saturated heterocycles. The van der Waals surface area contributed by atoms with Crippen LogP contribution in [0.4, 0.5) is 0 Å². The van der Waals surface area contributed by atoms with E-state index in [0.29, 0.717) is 12.0 Å². The Bertz CT molecular complexity index is 639. The Hall–Kier alpha value is -2.00. The van der Waals surface area contributed by atoms with Gasteiger partial charge in [-0.25, -0.2) is 4.79 Å². The summed E-state index contributed by atoms with van der Waals surface area (Å²) in [6, 6.07) is 0. The Morgan fingerprint density at radius 3 is 2.43 bits per heavy atom. The third-order valence-corrected chi connectivity index (χ3v) is 4.73. The summed E-state index contributed by atoms with van der Waals surface area (Å²) in [4.78, 5) is 23.3. The maximum atomic E-state index is 12.1. The van der Waals surface area contributed by atoms with Crippen LogP contribution in [0.3, 0.4) is 0 Å². The Morgan fingerprint density at radius 2 is 1.83 bits per heavy atom. The highest BCUT2D eigenvalue weighted by Crippen LogP contribution is 2.26. The van der Waals surface area contributed by atoms with E-state index in [0.717, 1.165) is 18.4 Å². The SMILES string of the molecule is C=C(CC/C=C\C)CCO[C@@H]1O[C@H](COC(C)=O)[C@@H](O)[C@H](OC(=O)/C(C)=C\C)[C@H]1O. The molecule has 0 unspecified atom stereocenters. The third kappa shape index (κ3) is 8.39. The van der Waals surface area contributed by atoms with Crippen molar-refractivity contribution in [2.45, 2.75) is 77.7 Å². The molecule has 1 aliphatic heterocycles. The van der Waals surface area contributed by atoms with Crippen molar-refractivity contribution in [3.8, 4) is 0 Å². The molecule has 0 saturated carbocycles. The second kappa shape index (κ2) is 13.3. The van der Waals surface area contributed by atoms with Gasteiger partial charge in [-0.05, 0) is 40.0 Å². The first-order valence-corrected chi connectivity index (χ1v) is 10.1. The minimum Gasteiger partial charge on any atom is -0.463 e. The maximum absolute atomic E-state index is 12.1. The van der Waals surface area contributed by atoms with E-state index in [1.54, 1.807) is 19.9 Å². The van der Waals surface area contributed by atoms with Gasteiger partial charge in [-0.3, -0.25) is 4.79 Å².